The van der Waals surface area contributed by atoms with Crippen LogP contribution in [-0.2, 0) is 0 Å². The molecule has 0 radical (unpaired) electrons. The second-order valence-corrected chi connectivity index (χ2v) is 7.32. The van der Waals surface area contributed by atoms with Crippen molar-refractivity contribution < 1.29 is 8.91 Å². The highest BCUT2D eigenvalue weighted by Gasteiger charge is 2.26. The molecule has 25 heavy (non-hydrogen) atoms. The fourth-order valence-corrected chi connectivity index (χ4v) is 3.89. The summed E-state index contributed by atoms with van der Waals surface area (Å²) >= 11 is 0. The number of halogens is 1. The smallest absolute Gasteiger partial charge is 0.258 e. The molecule has 0 amide bonds. The molecule has 0 saturated heterocycles. The fourth-order valence-electron chi connectivity index (χ4n) is 3.89. The first-order valence-corrected chi connectivity index (χ1v) is 9.22. The van der Waals surface area contributed by atoms with Crippen molar-refractivity contribution in [3.63, 3.8) is 0 Å². The van der Waals surface area contributed by atoms with Gasteiger partial charge in [0.1, 0.15) is 5.82 Å². The SMILES string of the molecule is CC1CCC(N2CC=C(c3noc(-c4ccc(F)cc4)n3)CC2)CC1. The van der Waals surface area contributed by atoms with Crippen LogP contribution in [0.4, 0.5) is 4.39 Å². The molecule has 1 aliphatic heterocycles. The largest absolute Gasteiger partial charge is 0.334 e. The zero-order valence-electron chi connectivity index (χ0n) is 14.6. The van der Waals surface area contributed by atoms with Gasteiger partial charge in [-0.05, 0) is 67.9 Å². The Morgan fingerprint density at radius 3 is 2.56 bits per heavy atom. The van der Waals surface area contributed by atoms with Crippen molar-refractivity contribution >= 4 is 5.57 Å². The van der Waals surface area contributed by atoms with E-state index in [1.165, 1.54) is 37.8 Å². The van der Waals surface area contributed by atoms with Crippen LogP contribution in [0.2, 0.25) is 0 Å². The van der Waals surface area contributed by atoms with Gasteiger partial charge in [-0.3, -0.25) is 4.90 Å². The second kappa shape index (κ2) is 7.08. The predicted molar refractivity (Wildman–Crippen MR) is 95.3 cm³/mol. The molecule has 0 spiro atoms. The first kappa shape index (κ1) is 16.5. The van der Waals surface area contributed by atoms with Gasteiger partial charge in [0.25, 0.3) is 5.89 Å². The second-order valence-electron chi connectivity index (χ2n) is 7.32. The van der Waals surface area contributed by atoms with Crippen LogP contribution >= 0.6 is 0 Å². The minimum absolute atomic E-state index is 0.268. The van der Waals surface area contributed by atoms with E-state index in [0.29, 0.717) is 11.7 Å². The van der Waals surface area contributed by atoms with E-state index in [-0.39, 0.29) is 5.82 Å². The van der Waals surface area contributed by atoms with E-state index >= 15 is 0 Å². The maximum Gasteiger partial charge on any atom is 0.258 e. The molecule has 5 heteroatoms. The zero-order chi connectivity index (χ0) is 17.2. The van der Waals surface area contributed by atoms with Crippen LogP contribution in [0.5, 0.6) is 0 Å². The standard InChI is InChI=1S/C20H24FN3O/c1-14-2-8-18(9-3-14)24-12-10-15(11-13-24)19-22-20(25-23-19)16-4-6-17(21)7-5-16/h4-7,10,14,18H,2-3,8-9,11-13H2,1H3. The van der Waals surface area contributed by atoms with Crippen LogP contribution in [0.1, 0.15) is 44.9 Å². The summed E-state index contributed by atoms with van der Waals surface area (Å²) in [7, 11) is 0. The fraction of sp³-hybridized carbons (Fsp3) is 0.500. The van der Waals surface area contributed by atoms with Gasteiger partial charge in [0.05, 0.1) is 0 Å². The van der Waals surface area contributed by atoms with Gasteiger partial charge >= 0.3 is 0 Å². The summed E-state index contributed by atoms with van der Waals surface area (Å²) in [5.41, 5.74) is 1.90. The highest BCUT2D eigenvalue weighted by Crippen LogP contribution is 2.30. The molecule has 1 aliphatic carbocycles. The Bertz CT molecular complexity index is 745. The Hall–Kier alpha value is -2.01. The van der Waals surface area contributed by atoms with Gasteiger partial charge in [0.2, 0.25) is 0 Å². The third-order valence-corrected chi connectivity index (χ3v) is 5.55. The van der Waals surface area contributed by atoms with E-state index in [1.807, 2.05) is 0 Å². The highest BCUT2D eigenvalue weighted by atomic mass is 19.1. The predicted octanol–water partition coefficient (Wildman–Crippen LogP) is 4.54. The normalized spacial score (nSPS) is 25.0. The molecule has 1 fully saturated rings. The Morgan fingerprint density at radius 1 is 1.12 bits per heavy atom. The lowest BCUT2D eigenvalue weighted by Gasteiger charge is -2.37. The maximum atomic E-state index is 13.0. The van der Waals surface area contributed by atoms with Gasteiger partial charge in [0.15, 0.2) is 5.82 Å². The summed E-state index contributed by atoms with van der Waals surface area (Å²) < 4.78 is 18.4. The van der Waals surface area contributed by atoms with Gasteiger partial charge < -0.3 is 4.52 Å². The average Bonchev–Trinajstić information content (AvgIpc) is 3.13. The molecule has 1 aromatic carbocycles. The molecule has 1 saturated carbocycles. The Morgan fingerprint density at radius 2 is 1.88 bits per heavy atom. The molecule has 1 aromatic heterocycles. The minimum Gasteiger partial charge on any atom is -0.334 e. The maximum absolute atomic E-state index is 13.0. The van der Waals surface area contributed by atoms with Crippen molar-refractivity contribution in [1.29, 1.82) is 0 Å². The van der Waals surface area contributed by atoms with Gasteiger partial charge in [-0.15, -0.1) is 0 Å². The molecule has 0 N–H and O–H groups in total. The Balaban J connectivity index is 1.42. The summed E-state index contributed by atoms with van der Waals surface area (Å²) in [5, 5.41) is 4.12. The monoisotopic (exact) mass is 341 g/mol. The number of nitrogens with zero attached hydrogens (tertiary/aromatic N) is 3. The van der Waals surface area contributed by atoms with Crippen molar-refractivity contribution in [1.82, 2.24) is 15.0 Å². The van der Waals surface area contributed by atoms with E-state index in [4.69, 9.17) is 4.52 Å². The van der Waals surface area contributed by atoms with Crippen LogP contribution in [0.25, 0.3) is 17.0 Å². The molecule has 132 valence electrons. The molecule has 0 unspecified atom stereocenters. The minimum atomic E-state index is -0.268. The molecular weight excluding hydrogens is 317 g/mol. The van der Waals surface area contributed by atoms with Crippen molar-refractivity contribution in [2.75, 3.05) is 13.1 Å². The molecule has 4 nitrogen and oxygen atoms in total. The van der Waals surface area contributed by atoms with Crippen molar-refractivity contribution in [2.45, 2.75) is 45.1 Å². The first-order valence-electron chi connectivity index (χ1n) is 9.22. The van der Waals surface area contributed by atoms with Gasteiger partial charge in [-0.1, -0.05) is 18.2 Å². The molecule has 4 rings (SSSR count). The lowest BCUT2D eigenvalue weighted by Crippen LogP contribution is -2.40. The van der Waals surface area contributed by atoms with Crippen molar-refractivity contribution in [3.8, 4) is 11.5 Å². The van der Waals surface area contributed by atoms with Crippen LogP contribution in [-0.4, -0.2) is 34.2 Å². The summed E-state index contributed by atoms with van der Waals surface area (Å²) in [6.45, 7) is 4.39. The van der Waals surface area contributed by atoms with Crippen LogP contribution in [0.3, 0.4) is 0 Å². The average molecular weight is 341 g/mol. The Labute approximate surface area is 147 Å². The van der Waals surface area contributed by atoms with Gasteiger partial charge in [0, 0.05) is 24.7 Å². The van der Waals surface area contributed by atoms with Crippen LogP contribution in [0, 0.1) is 11.7 Å². The third kappa shape index (κ3) is 3.66. The number of hydrogen-bond donors (Lipinski definition) is 0. The zero-order valence-corrected chi connectivity index (χ0v) is 14.6. The van der Waals surface area contributed by atoms with E-state index < -0.39 is 0 Å². The molecular formula is C20H24FN3O. The topological polar surface area (TPSA) is 42.2 Å². The molecule has 2 heterocycles. The van der Waals surface area contributed by atoms with Crippen molar-refractivity contribution in [2.24, 2.45) is 5.92 Å². The molecule has 2 aliphatic rings. The molecule has 2 aromatic rings. The lowest BCUT2D eigenvalue weighted by atomic mass is 9.86. The van der Waals surface area contributed by atoms with E-state index in [1.54, 1.807) is 12.1 Å². The summed E-state index contributed by atoms with van der Waals surface area (Å²) in [6.07, 6.45) is 8.53. The van der Waals surface area contributed by atoms with Gasteiger partial charge in [-0.25, -0.2) is 4.39 Å². The lowest BCUT2D eigenvalue weighted by molar-refractivity contribution is 0.153. The van der Waals surface area contributed by atoms with Crippen molar-refractivity contribution in [3.05, 3.63) is 42.0 Å². The Kier molecular flexibility index (Phi) is 4.66. The third-order valence-electron chi connectivity index (χ3n) is 5.55. The van der Waals surface area contributed by atoms with Crippen LogP contribution < -0.4 is 0 Å². The number of aromatic nitrogens is 2. The highest BCUT2D eigenvalue weighted by molar-refractivity contribution is 5.63. The molecule has 0 atom stereocenters. The summed E-state index contributed by atoms with van der Waals surface area (Å²) in [6, 6.07) is 6.86. The summed E-state index contributed by atoms with van der Waals surface area (Å²) in [4.78, 5) is 7.09. The first-order chi connectivity index (χ1) is 12.2. The molecule has 0 bridgehead atoms. The quantitative estimate of drug-likeness (QED) is 0.822. The van der Waals surface area contributed by atoms with Gasteiger partial charge in [-0.2, -0.15) is 4.98 Å². The van der Waals surface area contributed by atoms with Crippen LogP contribution in [0.15, 0.2) is 34.9 Å². The number of benzene rings is 1. The number of hydrogen-bond acceptors (Lipinski definition) is 4. The van der Waals surface area contributed by atoms with E-state index in [2.05, 4.69) is 28.0 Å². The van der Waals surface area contributed by atoms with E-state index in [0.717, 1.165) is 42.6 Å². The summed E-state index contributed by atoms with van der Waals surface area (Å²) in [5.74, 6) is 1.72. The number of rotatable bonds is 3. The van der Waals surface area contributed by atoms with E-state index in [9.17, 15) is 4.39 Å².